The average Bonchev–Trinajstić information content (AvgIpc) is 3.29. The largest absolute Gasteiger partial charge is 0.494 e. The van der Waals surface area contributed by atoms with Gasteiger partial charge in [-0.1, -0.05) is 42.8 Å². The zero-order valence-corrected chi connectivity index (χ0v) is 24.6. The van der Waals surface area contributed by atoms with E-state index in [1.807, 2.05) is 79.6 Å². The van der Waals surface area contributed by atoms with Crippen LogP contribution in [0, 0.1) is 5.92 Å². The molecule has 1 saturated carbocycles. The summed E-state index contributed by atoms with van der Waals surface area (Å²) in [6, 6.07) is 14.2. The fraction of sp³-hybridized carbons (Fsp3) is 0.387. The molecule has 39 heavy (non-hydrogen) atoms. The Morgan fingerprint density at radius 1 is 1.05 bits per heavy atom. The van der Waals surface area contributed by atoms with Crippen LogP contribution < -0.4 is 9.64 Å². The number of halogens is 1. The maximum Gasteiger partial charge on any atom is 0.266 e. The van der Waals surface area contributed by atoms with Gasteiger partial charge in [0.2, 0.25) is 5.95 Å². The number of hydrogen-bond acceptors (Lipinski definition) is 6. The number of carbonyl (C=O) groups excluding carboxylic acids is 1. The van der Waals surface area contributed by atoms with Crippen molar-refractivity contribution >= 4 is 44.9 Å². The number of benzene rings is 2. The van der Waals surface area contributed by atoms with Gasteiger partial charge in [-0.15, -0.1) is 11.3 Å². The molecule has 0 saturated heterocycles. The summed E-state index contributed by atoms with van der Waals surface area (Å²) < 4.78 is 7.07. The van der Waals surface area contributed by atoms with E-state index in [1.54, 1.807) is 0 Å². The summed E-state index contributed by atoms with van der Waals surface area (Å²) in [6.45, 7) is 5.27. The molecule has 1 fully saturated rings. The Labute approximate surface area is 239 Å². The Kier molecular flexibility index (Phi) is 8.38. The predicted molar refractivity (Wildman–Crippen MR) is 161 cm³/mol. The second-order valence-electron chi connectivity index (χ2n) is 10.5. The van der Waals surface area contributed by atoms with Crippen LogP contribution in [-0.4, -0.2) is 47.5 Å². The van der Waals surface area contributed by atoms with E-state index in [0.717, 1.165) is 58.2 Å². The van der Waals surface area contributed by atoms with Gasteiger partial charge in [-0.05, 0) is 62.3 Å². The van der Waals surface area contributed by atoms with Crippen molar-refractivity contribution < 1.29 is 9.53 Å². The second kappa shape index (κ2) is 11.9. The lowest BCUT2D eigenvalue weighted by Gasteiger charge is -2.36. The first-order valence-corrected chi connectivity index (χ1v) is 14.8. The number of nitrogens with zero attached hydrogens (tertiary/aromatic N) is 4. The second-order valence-corrected chi connectivity index (χ2v) is 11.9. The van der Waals surface area contributed by atoms with Gasteiger partial charge in [0, 0.05) is 60.3 Å². The molecule has 4 aromatic rings. The topological polar surface area (TPSA) is 58.6 Å². The highest BCUT2D eigenvalue weighted by molar-refractivity contribution is 7.21. The molecule has 204 valence electrons. The van der Waals surface area contributed by atoms with Gasteiger partial charge >= 0.3 is 0 Å². The van der Waals surface area contributed by atoms with Crippen LogP contribution in [0.25, 0.3) is 21.2 Å². The van der Waals surface area contributed by atoms with E-state index < -0.39 is 0 Å². The molecule has 1 amide bonds. The van der Waals surface area contributed by atoms with Gasteiger partial charge in [0.25, 0.3) is 5.91 Å². The fourth-order valence-electron chi connectivity index (χ4n) is 5.27. The van der Waals surface area contributed by atoms with E-state index in [-0.39, 0.29) is 11.9 Å². The predicted octanol–water partition coefficient (Wildman–Crippen LogP) is 7.70. The Morgan fingerprint density at radius 3 is 2.44 bits per heavy atom. The summed E-state index contributed by atoms with van der Waals surface area (Å²) >= 11 is 8.28. The number of rotatable bonds is 8. The van der Waals surface area contributed by atoms with Gasteiger partial charge in [-0.25, -0.2) is 9.97 Å². The van der Waals surface area contributed by atoms with E-state index in [0.29, 0.717) is 34.9 Å². The molecular formula is C31H35ClN4O2S. The first-order valence-electron chi connectivity index (χ1n) is 13.6. The summed E-state index contributed by atoms with van der Waals surface area (Å²) in [4.78, 5) is 27.7. The smallest absolute Gasteiger partial charge is 0.266 e. The van der Waals surface area contributed by atoms with Crippen molar-refractivity contribution in [2.75, 3.05) is 25.6 Å². The Hall–Kier alpha value is -3.16. The van der Waals surface area contributed by atoms with Crippen LogP contribution in [0.2, 0.25) is 5.02 Å². The molecule has 8 heteroatoms. The highest BCUT2D eigenvalue weighted by atomic mass is 35.5. The van der Waals surface area contributed by atoms with Gasteiger partial charge in [0.1, 0.15) is 10.6 Å². The lowest BCUT2D eigenvalue weighted by atomic mass is 9.86. The van der Waals surface area contributed by atoms with Crippen LogP contribution in [0.1, 0.15) is 54.8 Å². The third-order valence-corrected chi connectivity index (χ3v) is 9.15. The molecule has 0 spiro atoms. The third-order valence-electron chi connectivity index (χ3n) is 7.49. The molecule has 0 unspecified atom stereocenters. The Bertz CT molecular complexity index is 1450. The molecule has 0 atom stereocenters. The number of hydrogen-bond donors (Lipinski definition) is 0. The molecule has 0 N–H and O–H groups in total. The number of anilines is 1. The molecule has 2 aromatic carbocycles. The van der Waals surface area contributed by atoms with Crippen molar-refractivity contribution in [2.45, 2.75) is 52.1 Å². The summed E-state index contributed by atoms with van der Waals surface area (Å²) in [5.41, 5.74) is 2.88. The maximum absolute atomic E-state index is 14.2. The highest BCUT2D eigenvalue weighted by Gasteiger charge is 2.31. The molecule has 0 aliphatic heterocycles. The van der Waals surface area contributed by atoms with Gasteiger partial charge in [-0.3, -0.25) is 4.79 Å². The molecule has 1 aliphatic carbocycles. The minimum Gasteiger partial charge on any atom is -0.494 e. The van der Waals surface area contributed by atoms with Crippen LogP contribution in [-0.2, 0) is 6.54 Å². The highest BCUT2D eigenvalue weighted by Crippen LogP contribution is 2.39. The van der Waals surface area contributed by atoms with E-state index in [9.17, 15) is 4.79 Å². The van der Waals surface area contributed by atoms with Gasteiger partial charge in [0.15, 0.2) is 0 Å². The van der Waals surface area contributed by atoms with Crippen molar-refractivity contribution in [3.05, 3.63) is 70.3 Å². The summed E-state index contributed by atoms with van der Waals surface area (Å²) in [6.07, 6.45) is 7.87. The van der Waals surface area contributed by atoms with E-state index in [1.165, 1.54) is 11.3 Å². The van der Waals surface area contributed by atoms with Gasteiger partial charge in [0.05, 0.1) is 11.6 Å². The van der Waals surface area contributed by atoms with E-state index in [4.69, 9.17) is 16.3 Å². The quantitative estimate of drug-likeness (QED) is 0.220. The Morgan fingerprint density at radius 2 is 1.77 bits per heavy atom. The zero-order chi connectivity index (χ0) is 27.5. The first-order chi connectivity index (χ1) is 18.9. The van der Waals surface area contributed by atoms with E-state index in [2.05, 4.69) is 23.0 Å². The van der Waals surface area contributed by atoms with E-state index >= 15 is 0 Å². The fourth-order valence-corrected chi connectivity index (χ4v) is 6.73. The maximum atomic E-state index is 14.2. The van der Waals surface area contributed by atoms with Crippen molar-refractivity contribution in [1.29, 1.82) is 0 Å². The van der Waals surface area contributed by atoms with Crippen LogP contribution in [0.15, 0.2) is 54.9 Å². The van der Waals surface area contributed by atoms with Gasteiger partial charge < -0.3 is 14.5 Å². The first kappa shape index (κ1) is 27.4. The molecule has 0 radical (unpaired) electrons. The lowest BCUT2D eigenvalue weighted by Crippen LogP contribution is -2.41. The summed E-state index contributed by atoms with van der Waals surface area (Å²) in [5, 5.41) is 1.48. The van der Waals surface area contributed by atoms with Crippen molar-refractivity contribution in [2.24, 2.45) is 5.92 Å². The minimum absolute atomic E-state index is 0.00715. The lowest BCUT2D eigenvalue weighted by molar-refractivity contribution is 0.0596. The molecular weight excluding hydrogens is 528 g/mol. The third kappa shape index (κ3) is 5.89. The van der Waals surface area contributed by atoms with Crippen LogP contribution in [0.5, 0.6) is 5.75 Å². The minimum atomic E-state index is -0.00715. The average molecular weight is 563 g/mol. The normalized spacial score (nSPS) is 17.3. The number of aromatic nitrogens is 2. The number of amides is 1. The molecule has 6 nitrogen and oxygen atoms in total. The molecule has 2 heterocycles. The SMILES string of the molecule is CCOc1ccc(-c2cnc(N(C)C)nc2)cc1CN(C(=O)c1sc2ccccc2c1Cl)C1CCC(C)CC1. The van der Waals surface area contributed by atoms with Gasteiger partial charge in [-0.2, -0.15) is 0 Å². The molecule has 0 bridgehead atoms. The molecule has 5 rings (SSSR count). The Balaban J connectivity index is 1.53. The summed E-state index contributed by atoms with van der Waals surface area (Å²) in [5.74, 6) is 2.12. The van der Waals surface area contributed by atoms with Crippen molar-refractivity contribution in [3.63, 3.8) is 0 Å². The summed E-state index contributed by atoms with van der Waals surface area (Å²) in [7, 11) is 3.84. The number of fused-ring (bicyclic) bond motifs is 1. The van der Waals surface area contributed by atoms with Crippen LogP contribution in [0.3, 0.4) is 0 Å². The standard InChI is InChI=1S/C31H35ClN4O2S/c1-5-38-26-15-12-21(23-17-33-31(34-18-23)35(3)4)16-22(26)19-36(24-13-10-20(2)11-14-24)30(37)29-28(32)25-8-6-7-9-27(25)39-29/h6-9,12,15-18,20,24H,5,10-11,13-14,19H2,1-4H3. The number of ether oxygens (including phenoxy) is 1. The molecule has 1 aliphatic rings. The zero-order valence-electron chi connectivity index (χ0n) is 23.0. The number of carbonyl (C=O) groups is 1. The van der Waals surface area contributed by atoms with Crippen molar-refractivity contribution in [1.82, 2.24) is 14.9 Å². The number of thiophene rings is 1. The van der Waals surface area contributed by atoms with Crippen LogP contribution >= 0.6 is 22.9 Å². The monoisotopic (exact) mass is 562 g/mol. The van der Waals surface area contributed by atoms with Crippen LogP contribution in [0.4, 0.5) is 5.95 Å². The van der Waals surface area contributed by atoms with Crippen molar-refractivity contribution in [3.8, 4) is 16.9 Å². The molecule has 2 aromatic heterocycles.